The summed E-state index contributed by atoms with van der Waals surface area (Å²) in [7, 11) is 0. The van der Waals surface area contributed by atoms with Crippen LogP contribution < -0.4 is 0 Å². The van der Waals surface area contributed by atoms with Crippen molar-refractivity contribution in [3.8, 4) is 0 Å². The van der Waals surface area contributed by atoms with Crippen LogP contribution in [0.2, 0.25) is 0 Å². The normalized spacial score (nSPS) is 11.3. The van der Waals surface area contributed by atoms with E-state index in [0.29, 0.717) is 0 Å². The fraction of sp³-hybridized carbons (Fsp3) is 0.857. The predicted molar refractivity (Wildman–Crippen MR) is 68.2 cm³/mol. The molecule has 0 rings (SSSR count). The smallest absolute Gasteiger partial charge is 0.0465 e. The Bertz CT molecular complexity index is 129. The molecule has 0 aliphatic heterocycles. The third-order valence-electron chi connectivity index (χ3n) is 2.52. The van der Waals surface area contributed by atoms with Gasteiger partial charge in [0.1, 0.15) is 0 Å². The summed E-state index contributed by atoms with van der Waals surface area (Å²) in [6.07, 6.45) is 15.1. The lowest BCUT2D eigenvalue weighted by Crippen LogP contribution is -1.92. The van der Waals surface area contributed by atoms with Crippen molar-refractivity contribution in [3.05, 3.63) is 12.2 Å². The molecular formula is C14H28O. The van der Waals surface area contributed by atoms with Gasteiger partial charge in [-0.3, -0.25) is 0 Å². The van der Waals surface area contributed by atoms with E-state index in [1.54, 1.807) is 0 Å². The second-order valence-corrected chi connectivity index (χ2v) is 3.99. The largest absolute Gasteiger partial charge is 0.382 e. The Hall–Kier alpha value is -0.300. The van der Waals surface area contributed by atoms with Gasteiger partial charge in [0.15, 0.2) is 0 Å². The fourth-order valence-corrected chi connectivity index (χ4v) is 1.60. The number of ether oxygens (including phenoxy) is 1. The topological polar surface area (TPSA) is 9.23 Å². The zero-order chi connectivity index (χ0) is 11.2. The van der Waals surface area contributed by atoms with E-state index in [1.807, 2.05) is 0 Å². The Morgan fingerprint density at radius 3 is 2.13 bits per heavy atom. The highest BCUT2D eigenvalue weighted by molar-refractivity contribution is 4.79. The van der Waals surface area contributed by atoms with Crippen molar-refractivity contribution in [2.75, 3.05) is 13.2 Å². The molecule has 0 saturated carbocycles. The van der Waals surface area contributed by atoms with E-state index in [0.717, 1.165) is 13.2 Å². The minimum Gasteiger partial charge on any atom is -0.382 e. The second-order valence-electron chi connectivity index (χ2n) is 3.99. The van der Waals surface area contributed by atoms with Crippen LogP contribution >= 0.6 is 0 Å². The van der Waals surface area contributed by atoms with Gasteiger partial charge in [0.05, 0.1) is 0 Å². The van der Waals surface area contributed by atoms with Crippen LogP contribution in [-0.2, 0) is 4.74 Å². The number of hydrogen-bond donors (Lipinski definition) is 0. The first-order valence-corrected chi connectivity index (χ1v) is 6.64. The molecule has 0 bridgehead atoms. The lowest BCUT2D eigenvalue weighted by Gasteiger charge is -2.01. The van der Waals surface area contributed by atoms with Gasteiger partial charge in [0.25, 0.3) is 0 Å². The van der Waals surface area contributed by atoms with Crippen LogP contribution in [0.3, 0.4) is 0 Å². The molecule has 0 amide bonds. The average molecular weight is 212 g/mol. The van der Waals surface area contributed by atoms with Crippen LogP contribution in [0.1, 0.15) is 65.2 Å². The molecule has 0 N–H and O–H groups in total. The minimum atomic E-state index is 0.865. The van der Waals surface area contributed by atoms with Crippen LogP contribution in [0.5, 0.6) is 0 Å². The first-order chi connectivity index (χ1) is 7.41. The third kappa shape index (κ3) is 13.7. The molecule has 0 fully saturated rings. The van der Waals surface area contributed by atoms with Gasteiger partial charge in [-0.25, -0.2) is 0 Å². The van der Waals surface area contributed by atoms with Crippen molar-refractivity contribution < 1.29 is 4.74 Å². The average Bonchev–Trinajstić information content (AvgIpc) is 2.26. The van der Waals surface area contributed by atoms with E-state index in [2.05, 4.69) is 26.0 Å². The van der Waals surface area contributed by atoms with Gasteiger partial charge in [0.2, 0.25) is 0 Å². The van der Waals surface area contributed by atoms with E-state index >= 15 is 0 Å². The molecule has 0 aromatic carbocycles. The maximum absolute atomic E-state index is 5.30. The molecule has 0 aliphatic carbocycles. The highest BCUT2D eigenvalue weighted by Gasteiger charge is 1.90. The summed E-state index contributed by atoms with van der Waals surface area (Å²) < 4.78 is 5.30. The fourth-order valence-electron chi connectivity index (χ4n) is 1.60. The van der Waals surface area contributed by atoms with Crippen molar-refractivity contribution >= 4 is 0 Å². The Labute approximate surface area is 95.9 Å². The van der Waals surface area contributed by atoms with Gasteiger partial charge in [-0.1, -0.05) is 44.8 Å². The highest BCUT2D eigenvalue weighted by Crippen LogP contribution is 2.07. The molecule has 1 heteroatoms. The Kier molecular flexibility index (Phi) is 13.4. The molecule has 0 radical (unpaired) electrons. The zero-order valence-corrected chi connectivity index (χ0v) is 10.6. The molecule has 0 aromatic heterocycles. The van der Waals surface area contributed by atoms with Crippen molar-refractivity contribution in [2.24, 2.45) is 0 Å². The van der Waals surface area contributed by atoms with Gasteiger partial charge in [0, 0.05) is 13.2 Å². The zero-order valence-electron chi connectivity index (χ0n) is 10.6. The number of rotatable bonds is 11. The minimum absolute atomic E-state index is 0.865. The van der Waals surface area contributed by atoms with E-state index in [1.165, 1.54) is 51.4 Å². The van der Waals surface area contributed by atoms with Crippen LogP contribution in [-0.4, -0.2) is 13.2 Å². The van der Waals surface area contributed by atoms with Gasteiger partial charge < -0.3 is 4.74 Å². The van der Waals surface area contributed by atoms with Crippen molar-refractivity contribution in [1.82, 2.24) is 0 Å². The van der Waals surface area contributed by atoms with Crippen LogP contribution in [0.4, 0.5) is 0 Å². The van der Waals surface area contributed by atoms with Crippen LogP contribution in [0.25, 0.3) is 0 Å². The molecule has 0 heterocycles. The van der Waals surface area contributed by atoms with E-state index < -0.39 is 0 Å². The van der Waals surface area contributed by atoms with Crippen molar-refractivity contribution in [1.29, 1.82) is 0 Å². The van der Waals surface area contributed by atoms with Gasteiger partial charge >= 0.3 is 0 Å². The summed E-state index contributed by atoms with van der Waals surface area (Å²) in [6.45, 7) is 6.07. The lowest BCUT2D eigenvalue weighted by molar-refractivity contribution is 0.143. The summed E-state index contributed by atoms with van der Waals surface area (Å²) in [5.74, 6) is 0. The molecule has 0 saturated heterocycles. The number of allylic oxidation sites excluding steroid dienone is 2. The summed E-state index contributed by atoms with van der Waals surface area (Å²) in [5, 5.41) is 0. The molecule has 15 heavy (non-hydrogen) atoms. The highest BCUT2D eigenvalue weighted by atomic mass is 16.5. The third-order valence-corrected chi connectivity index (χ3v) is 2.52. The summed E-state index contributed by atoms with van der Waals surface area (Å²) in [6, 6.07) is 0. The van der Waals surface area contributed by atoms with Crippen LogP contribution in [0.15, 0.2) is 12.2 Å². The molecule has 1 nitrogen and oxygen atoms in total. The van der Waals surface area contributed by atoms with E-state index in [4.69, 9.17) is 4.74 Å². The lowest BCUT2D eigenvalue weighted by atomic mass is 10.1. The van der Waals surface area contributed by atoms with Crippen molar-refractivity contribution in [2.45, 2.75) is 65.2 Å². The summed E-state index contributed by atoms with van der Waals surface area (Å²) in [5.41, 5.74) is 0. The molecule has 0 aromatic rings. The molecule has 90 valence electrons. The number of hydrogen-bond acceptors (Lipinski definition) is 1. The maximum Gasteiger partial charge on any atom is 0.0465 e. The first-order valence-electron chi connectivity index (χ1n) is 6.64. The van der Waals surface area contributed by atoms with Crippen molar-refractivity contribution in [3.63, 3.8) is 0 Å². The van der Waals surface area contributed by atoms with Gasteiger partial charge in [-0.05, 0) is 32.6 Å². The van der Waals surface area contributed by atoms with Crippen LogP contribution in [0, 0.1) is 0 Å². The van der Waals surface area contributed by atoms with Gasteiger partial charge in [-0.15, -0.1) is 0 Å². The molecular weight excluding hydrogens is 184 g/mol. The maximum atomic E-state index is 5.30. The molecule has 0 unspecified atom stereocenters. The standard InChI is InChI=1S/C14H28O/c1-3-5-6-7-8-9-10-11-12-13-14-15-4-2/h5-6H,3-4,7-14H2,1-2H3/b6-5-. The Morgan fingerprint density at radius 1 is 0.800 bits per heavy atom. The predicted octanol–water partition coefficient (Wildman–Crippen LogP) is 4.72. The number of unbranched alkanes of at least 4 members (excludes halogenated alkanes) is 6. The Morgan fingerprint density at radius 2 is 1.47 bits per heavy atom. The quantitative estimate of drug-likeness (QED) is 0.356. The second kappa shape index (κ2) is 13.7. The summed E-state index contributed by atoms with van der Waals surface area (Å²) >= 11 is 0. The van der Waals surface area contributed by atoms with E-state index in [-0.39, 0.29) is 0 Å². The van der Waals surface area contributed by atoms with E-state index in [9.17, 15) is 0 Å². The SMILES string of the molecule is CC/C=C\CCCCCCCCOCC. The summed E-state index contributed by atoms with van der Waals surface area (Å²) in [4.78, 5) is 0. The molecule has 0 spiro atoms. The first kappa shape index (κ1) is 14.7. The molecule has 0 atom stereocenters. The molecule has 0 aliphatic rings. The monoisotopic (exact) mass is 212 g/mol. The Balaban J connectivity index is 2.89. The van der Waals surface area contributed by atoms with Gasteiger partial charge in [-0.2, -0.15) is 0 Å².